The van der Waals surface area contributed by atoms with Crippen LogP contribution in [0.3, 0.4) is 0 Å². The van der Waals surface area contributed by atoms with Gasteiger partial charge < -0.3 is 14.4 Å². The highest BCUT2D eigenvalue weighted by Crippen LogP contribution is 2.29. The Balaban J connectivity index is 3.01. The van der Waals surface area contributed by atoms with Gasteiger partial charge in [0.15, 0.2) is 18.1 Å². The Morgan fingerprint density at radius 2 is 1.91 bits per heavy atom. The molecule has 114 valence electrons. The van der Waals surface area contributed by atoms with Crippen LogP contribution in [0.1, 0.15) is 12.5 Å². The van der Waals surface area contributed by atoms with Crippen LogP contribution in [0.25, 0.3) is 6.08 Å². The second kappa shape index (κ2) is 8.33. The number of nitrogens with zero attached hydrogens (tertiary/aromatic N) is 3. The minimum absolute atomic E-state index is 0.00102. The lowest BCUT2D eigenvalue weighted by molar-refractivity contribution is -0.130. The number of allylic oxidation sites excluding steroid dienone is 1. The standard InChI is InChI=1S/C16H17N3O3/c1-4-21-15-8-12(7-13(9-17)10-18)5-6-14(15)22-11-16(20)19(2)3/h5-8H,4,11H2,1-3H3. The van der Waals surface area contributed by atoms with Crippen molar-refractivity contribution in [1.29, 1.82) is 10.5 Å². The summed E-state index contributed by atoms with van der Waals surface area (Å²) >= 11 is 0. The lowest BCUT2D eigenvalue weighted by atomic mass is 10.1. The number of hydrogen-bond acceptors (Lipinski definition) is 5. The first-order chi connectivity index (χ1) is 10.5. The Labute approximate surface area is 129 Å². The molecule has 0 atom stereocenters. The fourth-order valence-electron chi connectivity index (χ4n) is 1.53. The van der Waals surface area contributed by atoms with Gasteiger partial charge in [0.25, 0.3) is 5.91 Å². The largest absolute Gasteiger partial charge is 0.490 e. The first-order valence-corrected chi connectivity index (χ1v) is 6.63. The van der Waals surface area contributed by atoms with Crippen LogP contribution in [0.5, 0.6) is 11.5 Å². The van der Waals surface area contributed by atoms with Gasteiger partial charge in [0, 0.05) is 14.1 Å². The molecule has 0 N–H and O–H groups in total. The molecule has 1 aromatic carbocycles. The third kappa shape index (κ3) is 4.84. The zero-order valence-corrected chi connectivity index (χ0v) is 12.8. The highest BCUT2D eigenvalue weighted by atomic mass is 16.5. The van der Waals surface area contributed by atoms with Gasteiger partial charge in [-0.05, 0) is 30.7 Å². The number of hydrogen-bond donors (Lipinski definition) is 0. The minimum atomic E-state index is -0.164. The quantitative estimate of drug-likeness (QED) is 0.750. The molecule has 0 bridgehead atoms. The maximum atomic E-state index is 11.6. The summed E-state index contributed by atoms with van der Waals surface area (Å²) in [5.41, 5.74) is 0.645. The number of likely N-dealkylation sites (N-methyl/N-ethyl adjacent to an activating group) is 1. The van der Waals surface area contributed by atoms with Crippen LogP contribution in [0.4, 0.5) is 0 Å². The topological polar surface area (TPSA) is 86.3 Å². The Hall–Kier alpha value is -2.99. The molecule has 1 amide bonds. The van der Waals surface area contributed by atoms with Crippen LogP contribution in [0, 0.1) is 22.7 Å². The number of ether oxygens (including phenoxy) is 2. The molecule has 22 heavy (non-hydrogen) atoms. The molecule has 0 fully saturated rings. The second-order valence-electron chi connectivity index (χ2n) is 4.50. The van der Waals surface area contributed by atoms with Crippen molar-refractivity contribution < 1.29 is 14.3 Å². The summed E-state index contributed by atoms with van der Waals surface area (Å²) in [6, 6.07) is 8.59. The molecule has 1 aromatic rings. The van der Waals surface area contributed by atoms with E-state index in [1.54, 1.807) is 44.4 Å². The van der Waals surface area contributed by atoms with Crippen molar-refractivity contribution in [2.45, 2.75) is 6.92 Å². The molecule has 0 aliphatic carbocycles. The van der Waals surface area contributed by atoms with Gasteiger partial charge in [-0.3, -0.25) is 4.79 Å². The lowest BCUT2D eigenvalue weighted by Gasteiger charge is -2.14. The van der Waals surface area contributed by atoms with E-state index in [0.717, 1.165) is 0 Å². The van der Waals surface area contributed by atoms with Gasteiger partial charge in [0.1, 0.15) is 17.7 Å². The van der Waals surface area contributed by atoms with Crippen LogP contribution < -0.4 is 9.47 Å². The van der Waals surface area contributed by atoms with Gasteiger partial charge in [0.2, 0.25) is 0 Å². The average Bonchev–Trinajstić information content (AvgIpc) is 2.51. The van der Waals surface area contributed by atoms with Gasteiger partial charge in [-0.25, -0.2) is 0 Å². The van der Waals surface area contributed by atoms with Crippen LogP contribution >= 0.6 is 0 Å². The molecule has 0 aliphatic heterocycles. The molecule has 0 aliphatic rings. The maximum absolute atomic E-state index is 11.6. The Kier molecular flexibility index (Phi) is 6.46. The van der Waals surface area contributed by atoms with E-state index in [4.69, 9.17) is 20.0 Å². The normalized spacial score (nSPS) is 9.14. The van der Waals surface area contributed by atoms with Crippen LogP contribution in [-0.4, -0.2) is 38.1 Å². The van der Waals surface area contributed by atoms with Gasteiger partial charge in [-0.1, -0.05) is 6.07 Å². The third-order valence-corrected chi connectivity index (χ3v) is 2.67. The summed E-state index contributed by atoms with van der Waals surface area (Å²) < 4.78 is 10.9. The summed E-state index contributed by atoms with van der Waals surface area (Å²) in [6.07, 6.45) is 1.46. The first-order valence-electron chi connectivity index (χ1n) is 6.63. The lowest BCUT2D eigenvalue weighted by Crippen LogP contribution is -2.27. The predicted molar refractivity (Wildman–Crippen MR) is 81.0 cm³/mol. The van der Waals surface area contributed by atoms with E-state index in [0.29, 0.717) is 23.7 Å². The molecule has 0 radical (unpaired) electrons. The van der Waals surface area contributed by atoms with E-state index < -0.39 is 0 Å². The molecule has 0 aromatic heterocycles. The van der Waals surface area contributed by atoms with Crippen molar-refractivity contribution in [3.63, 3.8) is 0 Å². The molecule has 1 rings (SSSR count). The van der Waals surface area contributed by atoms with Crippen molar-refractivity contribution in [3.05, 3.63) is 29.3 Å². The molecule has 6 heteroatoms. The zero-order valence-electron chi connectivity index (χ0n) is 12.8. The minimum Gasteiger partial charge on any atom is -0.490 e. The molecule has 0 unspecified atom stereocenters. The van der Waals surface area contributed by atoms with Crippen molar-refractivity contribution in [1.82, 2.24) is 4.90 Å². The van der Waals surface area contributed by atoms with E-state index in [1.807, 2.05) is 6.92 Å². The SMILES string of the molecule is CCOc1cc(C=C(C#N)C#N)ccc1OCC(=O)N(C)C. The molecule has 0 spiro atoms. The maximum Gasteiger partial charge on any atom is 0.259 e. The van der Waals surface area contributed by atoms with Gasteiger partial charge >= 0.3 is 0 Å². The molecule has 0 saturated carbocycles. The summed E-state index contributed by atoms with van der Waals surface area (Å²) in [5.74, 6) is 0.727. The van der Waals surface area contributed by atoms with E-state index in [-0.39, 0.29) is 18.1 Å². The summed E-state index contributed by atoms with van der Waals surface area (Å²) in [5, 5.41) is 17.5. The summed E-state index contributed by atoms with van der Waals surface area (Å²) in [6.45, 7) is 2.16. The van der Waals surface area contributed by atoms with Gasteiger partial charge in [0.05, 0.1) is 6.61 Å². The molecular weight excluding hydrogens is 282 g/mol. The van der Waals surface area contributed by atoms with Gasteiger partial charge in [-0.2, -0.15) is 10.5 Å². The number of rotatable bonds is 6. The van der Waals surface area contributed by atoms with Crippen molar-refractivity contribution in [3.8, 4) is 23.6 Å². The zero-order chi connectivity index (χ0) is 16.5. The Morgan fingerprint density at radius 1 is 1.23 bits per heavy atom. The summed E-state index contributed by atoms with van der Waals surface area (Å²) in [7, 11) is 3.29. The molecular formula is C16H17N3O3. The highest BCUT2D eigenvalue weighted by molar-refractivity contribution is 5.77. The van der Waals surface area contributed by atoms with E-state index in [9.17, 15) is 4.79 Å². The monoisotopic (exact) mass is 299 g/mol. The average molecular weight is 299 g/mol. The second-order valence-corrected chi connectivity index (χ2v) is 4.50. The first kappa shape index (κ1) is 17.1. The highest BCUT2D eigenvalue weighted by Gasteiger charge is 2.10. The number of amides is 1. The predicted octanol–water partition coefficient (Wildman–Crippen LogP) is 1.98. The Morgan fingerprint density at radius 3 is 2.45 bits per heavy atom. The fraction of sp³-hybridized carbons (Fsp3) is 0.312. The fourth-order valence-corrected chi connectivity index (χ4v) is 1.53. The number of carbonyl (C=O) groups excluding carboxylic acids is 1. The van der Waals surface area contributed by atoms with Gasteiger partial charge in [-0.15, -0.1) is 0 Å². The smallest absolute Gasteiger partial charge is 0.259 e. The number of benzene rings is 1. The van der Waals surface area contributed by atoms with E-state index in [1.165, 1.54) is 11.0 Å². The van der Waals surface area contributed by atoms with E-state index in [2.05, 4.69) is 0 Å². The third-order valence-electron chi connectivity index (χ3n) is 2.67. The van der Waals surface area contributed by atoms with Crippen LogP contribution in [0.15, 0.2) is 23.8 Å². The van der Waals surface area contributed by atoms with Crippen molar-refractivity contribution >= 4 is 12.0 Å². The summed E-state index contributed by atoms with van der Waals surface area (Å²) in [4.78, 5) is 13.0. The number of nitriles is 2. The molecule has 0 saturated heterocycles. The number of carbonyl (C=O) groups is 1. The Bertz CT molecular complexity index is 636. The van der Waals surface area contributed by atoms with Crippen LogP contribution in [0.2, 0.25) is 0 Å². The molecule has 6 nitrogen and oxygen atoms in total. The van der Waals surface area contributed by atoms with E-state index >= 15 is 0 Å². The molecule has 0 heterocycles. The van der Waals surface area contributed by atoms with Crippen molar-refractivity contribution in [2.24, 2.45) is 0 Å². The van der Waals surface area contributed by atoms with Crippen LogP contribution in [-0.2, 0) is 4.79 Å². The van der Waals surface area contributed by atoms with Crippen molar-refractivity contribution in [2.75, 3.05) is 27.3 Å².